The van der Waals surface area contributed by atoms with Gasteiger partial charge in [0.1, 0.15) is 0 Å². The van der Waals surface area contributed by atoms with E-state index in [1.807, 2.05) is 11.3 Å². The summed E-state index contributed by atoms with van der Waals surface area (Å²) in [4.78, 5) is 4.95. The molecule has 0 aliphatic carbocycles. The standard InChI is InChI=1S/C15H21N3S/c1-17-4-6-18(7-5-17)10-13-11-19-15-3-2-12(9-16)8-14(13)15/h2-3,8,11H,4-7,9-10,16H2,1H3. The molecule has 0 spiro atoms. The molecular formula is C15H21N3S. The molecule has 1 aliphatic heterocycles. The lowest BCUT2D eigenvalue weighted by molar-refractivity contribution is 0.148. The van der Waals surface area contributed by atoms with Crippen molar-refractivity contribution in [2.45, 2.75) is 13.1 Å². The molecule has 1 saturated heterocycles. The number of nitrogens with zero attached hydrogens (tertiary/aromatic N) is 2. The molecule has 1 aromatic heterocycles. The fourth-order valence-corrected chi connectivity index (χ4v) is 3.56. The fraction of sp³-hybridized carbons (Fsp3) is 0.467. The summed E-state index contributed by atoms with van der Waals surface area (Å²) in [5.74, 6) is 0. The minimum absolute atomic E-state index is 0.625. The Balaban J connectivity index is 1.80. The zero-order valence-corrected chi connectivity index (χ0v) is 12.2. The summed E-state index contributed by atoms with van der Waals surface area (Å²) >= 11 is 1.84. The van der Waals surface area contributed by atoms with Crippen molar-refractivity contribution in [3.05, 3.63) is 34.7 Å². The molecule has 1 aliphatic rings. The summed E-state index contributed by atoms with van der Waals surface area (Å²) in [6.45, 7) is 6.39. The van der Waals surface area contributed by atoms with Crippen LogP contribution in [0.5, 0.6) is 0 Å². The average molecular weight is 275 g/mol. The summed E-state index contributed by atoms with van der Waals surface area (Å²) in [6.07, 6.45) is 0. The smallest absolute Gasteiger partial charge is 0.0346 e. The van der Waals surface area contributed by atoms with Gasteiger partial charge in [-0.3, -0.25) is 4.90 Å². The second kappa shape index (κ2) is 5.59. The maximum Gasteiger partial charge on any atom is 0.0346 e. The van der Waals surface area contributed by atoms with E-state index in [1.54, 1.807) is 0 Å². The van der Waals surface area contributed by atoms with Crippen LogP contribution in [0.15, 0.2) is 23.6 Å². The van der Waals surface area contributed by atoms with Gasteiger partial charge in [-0.05, 0) is 41.1 Å². The third-order valence-corrected chi connectivity index (χ3v) is 4.96. The Morgan fingerprint density at radius 1 is 1.21 bits per heavy atom. The number of nitrogens with two attached hydrogens (primary N) is 1. The Bertz CT molecular complexity index is 556. The molecule has 2 heterocycles. The third-order valence-electron chi connectivity index (χ3n) is 3.94. The molecule has 3 nitrogen and oxygen atoms in total. The van der Waals surface area contributed by atoms with E-state index in [0.717, 1.165) is 6.54 Å². The van der Waals surface area contributed by atoms with E-state index in [1.165, 1.54) is 47.4 Å². The number of hydrogen-bond acceptors (Lipinski definition) is 4. The zero-order chi connectivity index (χ0) is 13.2. The van der Waals surface area contributed by atoms with E-state index < -0.39 is 0 Å². The van der Waals surface area contributed by atoms with Gasteiger partial charge >= 0.3 is 0 Å². The summed E-state index contributed by atoms with van der Waals surface area (Å²) in [6, 6.07) is 6.60. The lowest BCUT2D eigenvalue weighted by Crippen LogP contribution is -2.43. The number of benzene rings is 1. The lowest BCUT2D eigenvalue weighted by Gasteiger charge is -2.32. The van der Waals surface area contributed by atoms with Crippen LogP contribution < -0.4 is 5.73 Å². The minimum atomic E-state index is 0.625. The summed E-state index contributed by atoms with van der Waals surface area (Å²) in [5.41, 5.74) is 8.43. The van der Waals surface area contributed by atoms with Gasteiger partial charge in [-0.1, -0.05) is 6.07 Å². The molecule has 2 N–H and O–H groups in total. The van der Waals surface area contributed by atoms with Crippen molar-refractivity contribution >= 4 is 21.4 Å². The highest BCUT2D eigenvalue weighted by Gasteiger charge is 2.15. The first kappa shape index (κ1) is 13.1. The highest BCUT2D eigenvalue weighted by Crippen LogP contribution is 2.28. The van der Waals surface area contributed by atoms with Crippen molar-refractivity contribution in [3.8, 4) is 0 Å². The molecule has 102 valence electrons. The minimum Gasteiger partial charge on any atom is -0.326 e. The summed E-state index contributed by atoms with van der Waals surface area (Å²) in [5, 5.41) is 3.70. The van der Waals surface area contributed by atoms with Crippen LogP contribution in [0.4, 0.5) is 0 Å². The van der Waals surface area contributed by atoms with E-state index in [4.69, 9.17) is 5.73 Å². The van der Waals surface area contributed by atoms with Gasteiger partial charge in [0.05, 0.1) is 0 Å². The van der Waals surface area contributed by atoms with E-state index in [2.05, 4.69) is 40.4 Å². The van der Waals surface area contributed by atoms with Crippen molar-refractivity contribution in [3.63, 3.8) is 0 Å². The van der Waals surface area contributed by atoms with Gasteiger partial charge in [0.15, 0.2) is 0 Å². The van der Waals surface area contributed by atoms with E-state index >= 15 is 0 Å². The molecule has 3 rings (SSSR count). The maximum absolute atomic E-state index is 5.75. The second-order valence-electron chi connectivity index (χ2n) is 5.38. The summed E-state index contributed by atoms with van der Waals surface area (Å²) in [7, 11) is 2.20. The Morgan fingerprint density at radius 2 is 2.00 bits per heavy atom. The SMILES string of the molecule is CN1CCN(Cc2csc3ccc(CN)cc23)CC1. The normalized spacial score (nSPS) is 18.2. The molecule has 4 heteroatoms. The molecule has 0 unspecified atom stereocenters. The number of piperazine rings is 1. The zero-order valence-electron chi connectivity index (χ0n) is 11.4. The van der Waals surface area contributed by atoms with Crippen molar-refractivity contribution in [1.82, 2.24) is 9.80 Å². The Hall–Kier alpha value is -0.940. The van der Waals surface area contributed by atoms with Crippen LogP contribution in [-0.2, 0) is 13.1 Å². The first-order chi connectivity index (χ1) is 9.26. The largest absolute Gasteiger partial charge is 0.326 e. The molecule has 1 fully saturated rings. The van der Waals surface area contributed by atoms with Crippen LogP contribution in [-0.4, -0.2) is 43.0 Å². The molecule has 0 radical (unpaired) electrons. The molecule has 0 amide bonds. The van der Waals surface area contributed by atoms with Gasteiger partial charge in [-0.15, -0.1) is 11.3 Å². The van der Waals surface area contributed by atoms with Crippen molar-refractivity contribution in [2.75, 3.05) is 33.2 Å². The van der Waals surface area contributed by atoms with Crippen LogP contribution in [0.1, 0.15) is 11.1 Å². The first-order valence-corrected chi connectivity index (χ1v) is 7.74. The van der Waals surface area contributed by atoms with Crippen LogP contribution in [0, 0.1) is 0 Å². The van der Waals surface area contributed by atoms with Gasteiger partial charge in [0.2, 0.25) is 0 Å². The van der Waals surface area contributed by atoms with Crippen molar-refractivity contribution < 1.29 is 0 Å². The van der Waals surface area contributed by atoms with Gasteiger partial charge in [-0.25, -0.2) is 0 Å². The van der Waals surface area contributed by atoms with E-state index in [0.29, 0.717) is 6.54 Å². The van der Waals surface area contributed by atoms with E-state index in [9.17, 15) is 0 Å². The number of likely N-dealkylation sites (N-methyl/N-ethyl adjacent to an activating group) is 1. The molecule has 0 bridgehead atoms. The quantitative estimate of drug-likeness (QED) is 0.931. The van der Waals surface area contributed by atoms with Crippen molar-refractivity contribution in [1.29, 1.82) is 0 Å². The Morgan fingerprint density at radius 3 is 2.74 bits per heavy atom. The van der Waals surface area contributed by atoms with Crippen LogP contribution in [0.2, 0.25) is 0 Å². The average Bonchev–Trinajstić information content (AvgIpc) is 2.84. The van der Waals surface area contributed by atoms with Gasteiger partial charge in [0.25, 0.3) is 0 Å². The van der Waals surface area contributed by atoms with Gasteiger partial charge in [0, 0.05) is 44.0 Å². The number of thiophene rings is 1. The Labute approximate surface area is 118 Å². The van der Waals surface area contributed by atoms with Gasteiger partial charge in [-0.2, -0.15) is 0 Å². The second-order valence-corrected chi connectivity index (χ2v) is 6.29. The van der Waals surface area contributed by atoms with Crippen LogP contribution in [0.25, 0.3) is 10.1 Å². The molecule has 2 aromatic rings. The molecule has 0 atom stereocenters. The van der Waals surface area contributed by atoms with Crippen molar-refractivity contribution in [2.24, 2.45) is 5.73 Å². The topological polar surface area (TPSA) is 32.5 Å². The highest BCUT2D eigenvalue weighted by atomic mass is 32.1. The first-order valence-electron chi connectivity index (χ1n) is 6.86. The number of hydrogen-bond donors (Lipinski definition) is 1. The molecule has 19 heavy (non-hydrogen) atoms. The maximum atomic E-state index is 5.75. The van der Waals surface area contributed by atoms with E-state index in [-0.39, 0.29) is 0 Å². The van der Waals surface area contributed by atoms with Crippen LogP contribution in [0.3, 0.4) is 0 Å². The third kappa shape index (κ3) is 2.82. The lowest BCUT2D eigenvalue weighted by atomic mass is 10.1. The molecule has 0 saturated carbocycles. The van der Waals surface area contributed by atoms with Gasteiger partial charge < -0.3 is 10.6 Å². The van der Waals surface area contributed by atoms with Crippen LogP contribution >= 0.6 is 11.3 Å². The predicted octanol–water partition coefficient (Wildman–Crippen LogP) is 2.11. The number of fused-ring (bicyclic) bond motifs is 1. The fourth-order valence-electron chi connectivity index (χ4n) is 2.63. The molecular weight excluding hydrogens is 254 g/mol. The molecule has 1 aromatic carbocycles. The highest BCUT2D eigenvalue weighted by molar-refractivity contribution is 7.17. The summed E-state index contributed by atoms with van der Waals surface area (Å²) < 4.78 is 1.38. The monoisotopic (exact) mass is 275 g/mol. The number of rotatable bonds is 3. The Kier molecular flexibility index (Phi) is 3.84. The predicted molar refractivity (Wildman–Crippen MR) is 82.5 cm³/mol.